The summed E-state index contributed by atoms with van der Waals surface area (Å²) in [5, 5.41) is 0. The van der Waals surface area contributed by atoms with Gasteiger partial charge in [-0.1, -0.05) is 12.1 Å². The summed E-state index contributed by atoms with van der Waals surface area (Å²) in [6, 6.07) is 9.22. The Balaban J connectivity index is 1.96. The molecule has 0 aliphatic rings. The van der Waals surface area contributed by atoms with Crippen molar-refractivity contribution in [2.24, 2.45) is 0 Å². The molecule has 0 saturated carbocycles. The average molecular weight is 256 g/mol. The predicted octanol–water partition coefficient (Wildman–Crippen LogP) is 2.53. The van der Waals surface area contributed by atoms with Crippen LogP contribution >= 0.6 is 0 Å². The molecule has 1 amide bonds. The summed E-state index contributed by atoms with van der Waals surface area (Å²) in [6.45, 7) is 0.524. The number of furan rings is 1. The number of hydrogen-bond donors (Lipinski definition) is 1. The van der Waals surface area contributed by atoms with Gasteiger partial charge in [-0.15, -0.1) is 0 Å². The topological polar surface area (TPSA) is 59.5 Å². The monoisotopic (exact) mass is 256 g/mol. The van der Waals surface area contributed by atoms with Crippen LogP contribution in [0.2, 0.25) is 0 Å². The number of carbonyl (C=O) groups excluding carboxylic acids is 1. The summed E-state index contributed by atoms with van der Waals surface area (Å²) in [6.07, 6.45) is 6.51. The minimum atomic E-state index is -0.0661. The first kappa shape index (κ1) is 13.0. The maximum Gasteiger partial charge on any atom is 0.246 e. The highest BCUT2D eigenvalue weighted by atomic mass is 16.3. The average Bonchev–Trinajstić information content (AvgIpc) is 2.89. The van der Waals surface area contributed by atoms with Crippen LogP contribution in [0.25, 0.3) is 6.08 Å². The second kappa shape index (κ2) is 5.91. The second-order valence-corrected chi connectivity index (χ2v) is 4.33. The van der Waals surface area contributed by atoms with Gasteiger partial charge in [-0.25, -0.2) is 0 Å². The summed E-state index contributed by atoms with van der Waals surface area (Å²) in [5.74, 6) is -0.0661. The smallest absolute Gasteiger partial charge is 0.246 e. The standard InChI is InChI=1S/C15H16N2O2/c1-17(10-13-7-8-19-11-13)15(18)6-5-12-3-2-4-14(16)9-12/h2-9,11H,10,16H2,1H3/b6-5+. The lowest BCUT2D eigenvalue weighted by molar-refractivity contribution is -0.125. The van der Waals surface area contributed by atoms with Gasteiger partial charge in [0.05, 0.1) is 12.5 Å². The van der Waals surface area contributed by atoms with Crippen molar-refractivity contribution in [1.29, 1.82) is 0 Å². The minimum absolute atomic E-state index is 0.0661. The largest absolute Gasteiger partial charge is 0.472 e. The molecule has 4 heteroatoms. The molecule has 1 heterocycles. The van der Waals surface area contributed by atoms with Crippen molar-refractivity contribution in [3.8, 4) is 0 Å². The van der Waals surface area contributed by atoms with Gasteiger partial charge in [0.25, 0.3) is 0 Å². The van der Waals surface area contributed by atoms with Crippen LogP contribution in [0.3, 0.4) is 0 Å². The van der Waals surface area contributed by atoms with Gasteiger partial charge in [-0.05, 0) is 29.8 Å². The zero-order valence-electron chi connectivity index (χ0n) is 10.7. The molecule has 0 aliphatic heterocycles. The van der Waals surface area contributed by atoms with Gasteiger partial charge in [0, 0.05) is 30.9 Å². The van der Waals surface area contributed by atoms with E-state index in [1.807, 2.05) is 30.3 Å². The fraction of sp³-hybridized carbons (Fsp3) is 0.133. The van der Waals surface area contributed by atoms with Crippen LogP contribution in [0.15, 0.2) is 53.4 Å². The fourth-order valence-electron chi connectivity index (χ4n) is 1.69. The van der Waals surface area contributed by atoms with E-state index in [2.05, 4.69) is 0 Å². The Morgan fingerprint density at radius 1 is 1.42 bits per heavy atom. The third-order valence-electron chi connectivity index (χ3n) is 2.71. The number of anilines is 1. The van der Waals surface area contributed by atoms with E-state index in [1.54, 1.807) is 30.5 Å². The van der Waals surface area contributed by atoms with Gasteiger partial charge in [-0.3, -0.25) is 4.79 Å². The third-order valence-corrected chi connectivity index (χ3v) is 2.71. The van der Waals surface area contributed by atoms with Crippen LogP contribution in [-0.2, 0) is 11.3 Å². The molecule has 1 aromatic heterocycles. The molecule has 0 bridgehead atoms. The molecule has 0 aliphatic carbocycles. The minimum Gasteiger partial charge on any atom is -0.472 e. The second-order valence-electron chi connectivity index (χ2n) is 4.33. The Morgan fingerprint density at radius 3 is 2.95 bits per heavy atom. The first-order chi connectivity index (χ1) is 9.15. The van der Waals surface area contributed by atoms with Crippen LogP contribution < -0.4 is 5.73 Å². The van der Waals surface area contributed by atoms with Crippen molar-refractivity contribution in [1.82, 2.24) is 4.90 Å². The lowest BCUT2D eigenvalue weighted by Gasteiger charge is -2.13. The molecule has 0 radical (unpaired) electrons. The maximum absolute atomic E-state index is 11.9. The number of carbonyl (C=O) groups is 1. The zero-order valence-corrected chi connectivity index (χ0v) is 10.7. The Morgan fingerprint density at radius 2 is 2.26 bits per heavy atom. The highest BCUT2D eigenvalue weighted by molar-refractivity contribution is 5.91. The van der Waals surface area contributed by atoms with E-state index in [0.29, 0.717) is 12.2 Å². The van der Waals surface area contributed by atoms with Crippen LogP contribution in [0.5, 0.6) is 0 Å². The van der Waals surface area contributed by atoms with Crippen LogP contribution in [0.1, 0.15) is 11.1 Å². The molecule has 0 saturated heterocycles. The molecular formula is C15H16N2O2. The molecule has 0 fully saturated rings. The van der Waals surface area contributed by atoms with Crippen LogP contribution in [0, 0.1) is 0 Å². The highest BCUT2D eigenvalue weighted by Gasteiger charge is 2.06. The Hall–Kier alpha value is -2.49. The van der Waals surface area contributed by atoms with Gasteiger partial charge in [0.2, 0.25) is 5.91 Å². The molecule has 4 nitrogen and oxygen atoms in total. The quantitative estimate of drug-likeness (QED) is 0.675. The molecule has 98 valence electrons. The van der Waals surface area contributed by atoms with E-state index in [4.69, 9.17) is 10.2 Å². The fourth-order valence-corrected chi connectivity index (χ4v) is 1.69. The third kappa shape index (κ3) is 3.74. The van der Waals surface area contributed by atoms with Crippen molar-refractivity contribution in [2.75, 3.05) is 12.8 Å². The van der Waals surface area contributed by atoms with Gasteiger partial charge >= 0.3 is 0 Å². The summed E-state index contributed by atoms with van der Waals surface area (Å²) in [5.41, 5.74) is 8.23. The lowest BCUT2D eigenvalue weighted by atomic mass is 10.2. The van der Waals surface area contributed by atoms with Crippen LogP contribution in [0.4, 0.5) is 5.69 Å². The SMILES string of the molecule is CN(Cc1ccoc1)C(=O)/C=C/c1cccc(N)c1. The number of amides is 1. The number of likely N-dealkylation sites (N-methyl/N-ethyl adjacent to an activating group) is 1. The summed E-state index contributed by atoms with van der Waals surface area (Å²) < 4.78 is 4.97. The summed E-state index contributed by atoms with van der Waals surface area (Å²) in [4.78, 5) is 13.5. The van der Waals surface area contributed by atoms with E-state index in [0.717, 1.165) is 11.1 Å². The molecule has 19 heavy (non-hydrogen) atoms. The van der Waals surface area contributed by atoms with E-state index in [1.165, 1.54) is 6.08 Å². The summed E-state index contributed by atoms with van der Waals surface area (Å²) in [7, 11) is 1.75. The van der Waals surface area contributed by atoms with Gasteiger partial charge < -0.3 is 15.1 Å². The van der Waals surface area contributed by atoms with E-state index in [9.17, 15) is 4.79 Å². The van der Waals surface area contributed by atoms with Gasteiger partial charge in [0.15, 0.2) is 0 Å². The molecule has 2 N–H and O–H groups in total. The van der Waals surface area contributed by atoms with Crippen molar-refractivity contribution in [3.05, 3.63) is 60.1 Å². The zero-order chi connectivity index (χ0) is 13.7. The van der Waals surface area contributed by atoms with Crippen molar-refractivity contribution < 1.29 is 9.21 Å². The Kier molecular flexibility index (Phi) is 4.03. The summed E-state index contributed by atoms with van der Waals surface area (Å²) >= 11 is 0. The molecule has 2 rings (SSSR count). The number of rotatable bonds is 4. The van der Waals surface area contributed by atoms with Crippen molar-refractivity contribution in [2.45, 2.75) is 6.54 Å². The molecule has 0 spiro atoms. The lowest BCUT2D eigenvalue weighted by Crippen LogP contribution is -2.23. The van der Waals surface area contributed by atoms with E-state index in [-0.39, 0.29) is 5.91 Å². The number of nitrogens with two attached hydrogens (primary N) is 1. The normalized spacial score (nSPS) is 10.8. The number of hydrogen-bond acceptors (Lipinski definition) is 3. The first-order valence-corrected chi connectivity index (χ1v) is 5.95. The van der Waals surface area contributed by atoms with Gasteiger partial charge in [0.1, 0.15) is 0 Å². The Labute approximate surface area is 112 Å². The van der Waals surface area contributed by atoms with E-state index >= 15 is 0 Å². The first-order valence-electron chi connectivity index (χ1n) is 5.95. The van der Waals surface area contributed by atoms with Crippen molar-refractivity contribution in [3.63, 3.8) is 0 Å². The van der Waals surface area contributed by atoms with Crippen molar-refractivity contribution >= 4 is 17.7 Å². The van der Waals surface area contributed by atoms with Crippen LogP contribution in [-0.4, -0.2) is 17.9 Å². The van der Waals surface area contributed by atoms with E-state index < -0.39 is 0 Å². The highest BCUT2D eigenvalue weighted by Crippen LogP contribution is 2.09. The maximum atomic E-state index is 11.9. The molecule has 1 aromatic carbocycles. The van der Waals surface area contributed by atoms with Gasteiger partial charge in [-0.2, -0.15) is 0 Å². The molecule has 0 atom stereocenters. The number of benzene rings is 1. The predicted molar refractivity (Wildman–Crippen MR) is 75.1 cm³/mol. The number of nitrogens with zero attached hydrogens (tertiary/aromatic N) is 1. The Bertz CT molecular complexity index is 574. The molecule has 2 aromatic rings. The number of nitrogen functional groups attached to an aromatic ring is 1. The molecular weight excluding hydrogens is 240 g/mol. The molecule has 0 unspecified atom stereocenters.